The van der Waals surface area contributed by atoms with Crippen molar-refractivity contribution in [1.82, 2.24) is 0 Å². The first-order valence-electron chi connectivity index (χ1n) is 10.4. The van der Waals surface area contributed by atoms with E-state index in [4.69, 9.17) is 4.74 Å². The van der Waals surface area contributed by atoms with Gasteiger partial charge in [0, 0.05) is 0 Å². The topological polar surface area (TPSA) is 83.8 Å². The third kappa shape index (κ3) is 4.07. The van der Waals surface area contributed by atoms with Gasteiger partial charge in [-0.15, -0.1) is 0 Å². The number of carbonyl (C=O) groups is 2. The van der Waals surface area contributed by atoms with E-state index in [1.807, 2.05) is 0 Å². The van der Waals surface area contributed by atoms with Crippen LogP contribution in [0.15, 0.2) is 121 Å². The van der Waals surface area contributed by atoms with Gasteiger partial charge in [-0.25, -0.2) is 9.59 Å². The van der Waals surface area contributed by atoms with Gasteiger partial charge in [-0.05, 0) is 22.3 Å². The second-order valence-corrected chi connectivity index (χ2v) is 7.56. The van der Waals surface area contributed by atoms with Crippen LogP contribution in [0, 0.1) is 0 Å². The maximum absolute atomic E-state index is 13.4. The van der Waals surface area contributed by atoms with Crippen LogP contribution in [0.1, 0.15) is 22.3 Å². The van der Waals surface area contributed by atoms with Crippen LogP contribution in [-0.2, 0) is 25.5 Å². The van der Waals surface area contributed by atoms with E-state index in [0.717, 1.165) is 0 Å². The predicted octanol–water partition coefficient (Wildman–Crippen LogP) is 3.93. The standard InChI is InChI=1S/C28H22O5/c29-25(27(31,21-13-5-1-6-14-21)22-15-7-2-8-16-22)33-26(30)28(32,23-17-9-3-10-18-23)24-19-11-4-12-20-24/h1-20,31-32H. The summed E-state index contributed by atoms with van der Waals surface area (Å²) in [6.07, 6.45) is 0. The lowest BCUT2D eigenvalue weighted by atomic mass is 9.85. The van der Waals surface area contributed by atoms with Crippen LogP contribution in [0.4, 0.5) is 0 Å². The average Bonchev–Trinajstić information content (AvgIpc) is 2.89. The molecule has 4 aromatic carbocycles. The van der Waals surface area contributed by atoms with Gasteiger partial charge in [-0.3, -0.25) is 0 Å². The van der Waals surface area contributed by atoms with Crippen molar-refractivity contribution >= 4 is 11.9 Å². The molecule has 0 aromatic heterocycles. The number of aliphatic hydroxyl groups is 2. The highest BCUT2D eigenvalue weighted by atomic mass is 16.6. The van der Waals surface area contributed by atoms with Gasteiger partial charge in [0.25, 0.3) is 0 Å². The van der Waals surface area contributed by atoms with Crippen molar-refractivity contribution in [2.24, 2.45) is 0 Å². The number of hydrogen-bond donors (Lipinski definition) is 2. The number of benzene rings is 4. The van der Waals surface area contributed by atoms with Crippen LogP contribution in [-0.4, -0.2) is 22.2 Å². The third-order valence-corrected chi connectivity index (χ3v) is 5.54. The van der Waals surface area contributed by atoms with Crippen LogP contribution >= 0.6 is 0 Å². The van der Waals surface area contributed by atoms with Crippen LogP contribution < -0.4 is 0 Å². The molecule has 0 saturated carbocycles. The quantitative estimate of drug-likeness (QED) is 0.352. The monoisotopic (exact) mass is 438 g/mol. The Morgan fingerprint density at radius 2 is 0.667 bits per heavy atom. The Morgan fingerprint density at radius 3 is 0.879 bits per heavy atom. The molecule has 164 valence electrons. The molecule has 5 nitrogen and oxygen atoms in total. The highest BCUT2D eigenvalue weighted by Crippen LogP contribution is 2.35. The summed E-state index contributed by atoms with van der Waals surface area (Å²) >= 11 is 0. The predicted molar refractivity (Wildman–Crippen MR) is 123 cm³/mol. The maximum atomic E-state index is 13.4. The molecule has 5 heteroatoms. The van der Waals surface area contributed by atoms with E-state index >= 15 is 0 Å². The van der Waals surface area contributed by atoms with Crippen molar-refractivity contribution in [2.45, 2.75) is 11.2 Å². The van der Waals surface area contributed by atoms with Crippen LogP contribution in [0.25, 0.3) is 0 Å². The van der Waals surface area contributed by atoms with Gasteiger partial charge in [-0.2, -0.15) is 0 Å². The Bertz CT molecular complexity index is 1040. The Labute approximate surface area is 191 Å². The minimum atomic E-state index is -2.26. The zero-order chi connectivity index (χ0) is 23.3. The van der Waals surface area contributed by atoms with Crippen molar-refractivity contribution in [3.05, 3.63) is 144 Å². The molecule has 0 unspecified atom stereocenters. The van der Waals surface area contributed by atoms with Crippen molar-refractivity contribution in [3.8, 4) is 0 Å². The molecule has 0 aliphatic heterocycles. The van der Waals surface area contributed by atoms with Crippen molar-refractivity contribution < 1.29 is 24.5 Å². The Kier molecular flexibility index (Phi) is 6.18. The van der Waals surface area contributed by atoms with Crippen LogP contribution in [0.3, 0.4) is 0 Å². The van der Waals surface area contributed by atoms with Gasteiger partial charge in [0.2, 0.25) is 11.2 Å². The van der Waals surface area contributed by atoms with E-state index < -0.39 is 23.1 Å². The lowest BCUT2D eigenvalue weighted by Gasteiger charge is -2.30. The summed E-state index contributed by atoms with van der Waals surface area (Å²) in [6, 6.07) is 32.9. The number of carbonyl (C=O) groups excluding carboxylic acids is 2. The van der Waals surface area contributed by atoms with Crippen LogP contribution in [0.5, 0.6) is 0 Å². The number of esters is 2. The largest absolute Gasteiger partial charge is 0.388 e. The van der Waals surface area contributed by atoms with E-state index in [2.05, 4.69) is 0 Å². The molecule has 0 aliphatic carbocycles. The second kappa shape index (κ2) is 9.20. The molecule has 0 amide bonds. The molecule has 33 heavy (non-hydrogen) atoms. The molecule has 4 aromatic rings. The van der Waals surface area contributed by atoms with Crippen molar-refractivity contribution in [1.29, 1.82) is 0 Å². The van der Waals surface area contributed by atoms with Crippen molar-refractivity contribution in [2.75, 3.05) is 0 Å². The molecule has 0 saturated heterocycles. The summed E-state index contributed by atoms with van der Waals surface area (Å²) in [5, 5.41) is 23.1. The Morgan fingerprint density at radius 1 is 0.455 bits per heavy atom. The lowest BCUT2D eigenvalue weighted by Crippen LogP contribution is -2.45. The summed E-state index contributed by atoms with van der Waals surface area (Å²) in [7, 11) is 0. The van der Waals surface area contributed by atoms with Gasteiger partial charge in [0.1, 0.15) is 0 Å². The van der Waals surface area contributed by atoms with Crippen molar-refractivity contribution in [3.63, 3.8) is 0 Å². The van der Waals surface area contributed by atoms with Gasteiger partial charge >= 0.3 is 11.9 Å². The molecule has 2 N–H and O–H groups in total. The van der Waals surface area contributed by atoms with Gasteiger partial charge in [-0.1, -0.05) is 121 Å². The fraction of sp³-hybridized carbons (Fsp3) is 0.0714. The van der Waals surface area contributed by atoms with Gasteiger partial charge in [0.05, 0.1) is 0 Å². The summed E-state index contributed by atoms with van der Waals surface area (Å²) in [4.78, 5) is 26.8. The highest BCUT2D eigenvalue weighted by Gasteiger charge is 2.48. The zero-order valence-electron chi connectivity index (χ0n) is 17.7. The first kappa shape index (κ1) is 22.1. The third-order valence-electron chi connectivity index (χ3n) is 5.54. The normalized spacial score (nSPS) is 11.6. The molecular weight excluding hydrogens is 416 g/mol. The molecular formula is C28H22O5. The number of hydrogen-bond acceptors (Lipinski definition) is 5. The van der Waals surface area contributed by atoms with Crippen LogP contribution in [0.2, 0.25) is 0 Å². The smallest absolute Gasteiger partial charge is 0.355 e. The SMILES string of the molecule is O=C(OC(=O)C(O)(c1ccccc1)c1ccccc1)C(O)(c1ccccc1)c1ccccc1. The first-order valence-corrected chi connectivity index (χ1v) is 10.4. The molecule has 4 rings (SSSR count). The molecule has 0 radical (unpaired) electrons. The minimum absolute atomic E-state index is 0.233. The van der Waals surface area contributed by atoms with E-state index in [9.17, 15) is 19.8 Å². The van der Waals surface area contributed by atoms with E-state index in [1.54, 1.807) is 121 Å². The summed E-state index contributed by atoms with van der Waals surface area (Å²) in [5.41, 5.74) is -3.58. The zero-order valence-corrected chi connectivity index (χ0v) is 17.7. The average molecular weight is 438 g/mol. The minimum Gasteiger partial charge on any atom is -0.388 e. The number of ether oxygens (including phenoxy) is 1. The summed E-state index contributed by atoms with van der Waals surface area (Å²) in [6.45, 7) is 0. The maximum Gasteiger partial charge on any atom is 0.355 e. The fourth-order valence-electron chi connectivity index (χ4n) is 3.75. The van der Waals surface area contributed by atoms with E-state index in [1.165, 1.54) is 0 Å². The summed E-state index contributed by atoms with van der Waals surface area (Å²) in [5.74, 6) is -2.43. The molecule has 0 fully saturated rings. The molecule has 0 heterocycles. The lowest BCUT2D eigenvalue weighted by molar-refractivity contribution is -0.181. The number of rotatable bonds is 6. The first-order chi connectivity index (χ1) is 16.0. The molecule has 0 atom stereocenters. The molecule has 0 aliphatic rings. The highest BCUT2D eigenvalue weighted by molar-refractivity contribution is 5.98. The van der Waals surface area contributed by atoms with Gasteiger partial charge in [0.15, 0.2) is 0 Å². The molecule has 0 bridgehead atoms. The Hall–Kier alpha value is -4.06. The van der Waals surface area contributed by atoms with E-state index in [0.29, 0.717) is 0 Å². The molecule has 0 spiro atoms. The Balaban J connectivity index is 1.77. The van der Waals surface area contributed by atoms with Gasteiger partial charge < -0.3 is 14.9 Å². The fourth-order valence-corrected chi connectivity index (χ4v) is 3.75. The summed E-state index contributed by atoms with van der Waals surface area (Å²) < 4.78 is 5.22. The van der Waals surface area contributed by atoms with E-state index in [-0.39, 0.29) is 22.3 Å². The second-order valence-electron chi connectivity index (χ2n) is 7.56.